The van der Waals surface area contributed by atoms with E-state index in [0.29, 0.717) is 22.8 Å². The van der Waals surface area contributed by atoms with Gasteiger partial charge in [-0.15, -0.1) is 11.8 Å². The molecular formula is C36H26ClNO2S. The minimum atomic E-state index is -1.12. The molecule has 0 aromatic heterocycles. The molecule has 2 heterocycles. The van der Waals surface area contributed by atoms with Crippen LogP contribution in [0, 0.1) is 0 Å². The number of hydrogen-bond acceptors (Lipinski definition) is 3. The van der Waals surface area contributed by atoms with Crippen molar-refractivity contribution in [3.05, 3.63) is 167 Å². The van der Waals surface area contributed by atoms with E-state index in [2.05, 4.69) is 24.3 Å². The highest BCUT2D eigenvalue weighted by molar-refractivity contribution is 7.99. The van der Waals surface area contributed by atoms with Crippen LogP contribution in [0.15, 0.2) is 144 Å². The third kappa shape index (κ3) is 4.54. The molecule has 0 saturated carbocycles. The molecule has 2 aliphatic heterocycles. The number of nitrogens with zero attached hydrogens (tertiary/aromatic N) is 1. The molecule has 5 aromatic carbocycles. The molecule has 1 amide bonds. The van der Waals surface area contributed by atoms with E-state index in [0.717, 1.165) is 32.8 Å². The number of anilines is 1. The number of benzene rings is 5. The molecule has 7 rings (SSSR count). The number of thioether (sulfide) groups is 1. The van der Waals surface area contributed by atoms with E-state index in [1.165, 1.54) is 0 Å². The monoisotopic (exact) mass is 571 g/mol. The summed E-state index contributed by atoms with van der Waals surface area (Å²) in [5.41, 5.74) is 3.94. The van der Waals surface area contributed by atoms with Crippen molar-refractivity contribution in [1.29, 1.82) is 0 Å². The van der Waals surface area contributed by atoms with Gasteiger partial charge in [0, 0.05) is 32.7 Å². The number of fused-ring (bicyclic) bond motifs is 3. The molecule has 200 valence electrons. The molecular weight excluding hydrogens is 546 g/mol. The van der Waals surface area contributed by atoms with Gasteiger partial charge in [-0.2, -0.15) is 0 Å². The maximum absolute atomic E-state index is 15.1. The van der Waals surface area contributed by atoms with E-state index in [9.17, 15) is 0 Å². The summed E-state index contributed by atoms with van der Waals surface area (Å²) < 4.78 is 7.34. The fourth-order valence-corrected chi connectivity index (χ4v) is 7.35. The van der Waals surface area contributed by atoms with Crippen LogP contribution in [0.5, 0.6) is 0 Å². The van der Waals surface area contributed by atoms with Crippen LogP contribution in [-0.4, -0.2) is 5.91 Å². The zero-order valence-corrected chi connectivity index (χ0v) is 23.7. The summed E-state index contributed by atoms with van der Waals surface area (Å²) >= 11 is 8.24. The van der Waals surface area contributed by atoms with E-state index >= 15 is 4.79 Å². The van der Waals surface area contributed by atoms with Crippen molar-refractivity contribution in [1.82, 2.24) is 0 Å². The van der Waals surface area contributed by atoms with E-state index in [1.807, 2.05) is 120 Å². The Kier molecular flexibility index (Phi) is 6.66. The third-order valence-electron chi connectivity index (χ3n) is 7.66. The van der Waals surface area contributed by atoms with Gasteiger partial charge in [0.1, 0.15) is 5.76 Å². The van der Waals surface area contributed by atoms with Crippen molar-refractivity contribution >= 4 is 46.3 Å². The van der Waals surface area contributed by atoms with Crippen molar-refractivity contribution < 1.29 is 9.53 Å². The normalized spacial score (nSPS) is 20.1. The van der Waals surface area contributed by atoms with Gasteiger partial charge in [0.05, 0.1) is 11.3 Å². The van der Waals surface area contributed by atoms with E-state index in [-0.39, 0.29) is 11.2 Å². The maximum Gasteiger partial charge on any atom is 0.266 e. The van der Waals surface area contributed by atoms with Crippen molar-refractivity contribution in [2.75, 3.05) is 4.90 Å². The molecule has 0 saturated heterocycles. The van der Waals surface area contributed by atoms with Crippen molar-refractivity contribution in [3.63, 3.8) is 0 Å². The highest BCUT2D eigenvalue weighted by Gasteiger charge is 2.54. The highest BCUT2D eigenvalue weighted by Crippen LogP contribution is 2.58. The summed E-state index contributed by atoms with van der Waals surface area (Å²) in [6.45, 7) is 0. The fraction of sp³-hybridized carbons (Fsp3) is 0.0833. The molecule has 2 aliphatic rings. The lowest BCUT2D eigenvalue weighted by Crippen LogP contribution is -2.55. The van der Waals surface area contributed by atoms with E-state index in [4.69, 9.17) is 16.3 Å². The molecule has 0 unspecified atom stereocenters. The predicted octanol–water partition coefficient (Wildman–Crippen LogP) is 9.36. The summed E-state index contributed by atoms with van der Waals surface area (Å²) in [6, 6.07) is 46.0. The summed E-state index contributed by atoms with van der Waals surface area (Å²) in [5.74, 6) is 0.487. The quantitative estimate of drug-likeness (QED) is 0.215. The van der Waals surface area contributed by atoms with Gasteiger partial charge in [-0.25, -0.2) is 0 Å². The Balaban J connectivity index is 1.55. The number of hydrogen-bond donors (Lipinski definition) is 0. The number of para-hydroxylation sites is 1. The van der Waals surface area contributed by atoms with Gasteiger partial charge in [-0.3, -0.25) is 9.69 Å². The van der Waals surface area contributed by atoms with Crippen LogP contribution >= 0.6 is 23.4 Å². The van der Waals surface area contributed by atoms with Gasteiger partial charge >= 0.3 is 0 Å². The minimum absolute atomic E-state index is 0.0387. The number of amides is 1. The largest absolute Gasteiger partial charge is 0.462 e. The molecule has 2 atom stereocenters. The minimum Gasteiger partial charge on any atom is -0.462 e. The van der Waals surface area contributed by atoms with Gasteiger partial charge in [-0.05, 0) is 35.4 Å². The molecule has 0 radical (unpaired) electrons. The van der Waals surface area contributed by atoms with Crippen LogP contribution in [-0.2, 0) is 15.3 Å². The molecule has 5 heteroatoms. The first-order valence-electron chi connectivity index (χ1n) is 13.6. The summed E-state index contributed by atoms with van der Waals surface area (Å²) in [5, 5.41) is 0.645. The number of carbonyl (C=O) groups excluding carboxylic acids is 1. The Labute approximate surface area is 249 Å². The number of ether oxygens (including phenoxy) is 1. The lowest BCUT2D eigenvalue weighted by Gasteiger charge is -2.48. The lowest BCUT2D eigenvalue weighted by molar-refractivity contribution is -0.120. The van der Waals surface area contributed by atoms with Crippen LogP contribution in [0.25, 0.3) is 11.3 Å². The van der Waals surface area contributed by atoms with Gasteiger partial charge < -0.3 is 4.74 Å². The van der Waals surface area contributed by atoms with Gasteiger partial charge in [0.25, 0.3) is 5.91 Å². The van der Waals surface area contributed by atoms with E-state index < -0.39 is 5.72 Å². The molecule has 5 aromatic rings. The summed E-state index contributed by atoms with van der Waals surface area (Å²) in [4.78, 5) is 18.0. The maximum atomic E-state index is 15.1. The van der Waals surface area contributed by atoms with Gasteiger partial charge in [-0.1, -0.05) is 127 Å². The first kappa shape index (κ1) is 25.7. The Morgan fingerprint density at radius 2 is 1.37 bits per heavy atom. The van der Waals surface area contributed by atoms with Crippen LogP contribution in [0.3, 0.4) is 0 Å². The van der Waals surface area contributed by atoms with Crippen molar-refractivity contribution in [3.8, 4) is 0 Å². The third-order valence-corrected chi connectivity index (χ3v) is 9.21. The molecule has 0 fully saturated rings. The Bertz CT molecular complexity index is 1760. The highest BCUT2D eigenvalue weighted by atomic mass is 35.5. The smallest absolute Gasteiger partial charge is 0.266 e. The summed E-state index contributed by atoms with van der Waals surface area (Å²) in [6.07, 6.45) is 0.515. The molecule has 0 N–H and O–H groups in total. The first-order valence-corrected chi connectivity index (χ1v) is 14.9. The summed E-state index contributed by atoms with van der Waals surface area (Å²) in [7, 11) is 0. The molecule has 3 nitrogen and oxygen atoms in total. The lowest BCUT2D eigenvalue weighted by atomic mass is 9.87. The zero-order valence-electron chi connectivity index (χ0n) is 22.1. The average Bonchev–Trinajstić information content (AvgIpc) is 3.18. The second kappa shape index (κ2) is 10.6. The predicted molar refractivity (Wildman–Crippen MR) is 167 cm³/mol. The Morgan fingerprint density at radius 3 is 2.07 bits per heavy atom. The zero-order chi connectivity index (χ0) is 27.8. The topological polar surface area (TPSA) is 29.5 Å². The second-order valence-corrected chi connectivity index (χ2v) is 11.8. The number of rotatable bonds is 4. The van der Waals surface area contributed by atoms with Crippen LogP contribution in [0.2, 0.25) is 5.02 Å². The molecule has 0 aliphatic carbocycles. The van der Waals surface area contributed by atoms with Crippen LogP contribution in [0.4, 0.5) is 5.69 Å². The van der Waals surface area contributed by atoms with Crippen molar-refractivity contribution in [2.45, 2.75) is 22.3 Å². The Hall–Kier alpha value is -4.25. The van der Waals surface area contributed by atoms with E-state index in [1.54, 1.807) is 11.8 Å². The molecule has 0 bridgehead atoms. The SMILES string of the molecule is O=C1C(c2ccccc2)=C(c2ccccc2)O[C@@]2(c3ccccc3)C[C@H](c3cccc(Cl)c3)Sc3ccccc3N12. The fourth-order valence-electron chi connectivity index (χ4n) is 5.81. The molecule has 0 spiro atoms. The Morgan fingerprint density at radius 1 is 0.732 bits per heavy atom. The van der Waals surface area contributed by atoms with Crippen LogP contribution < -0.4 is 4.90 Å². The standard InChI is InChI=1S/C36H26ClNO2S/c37-29-20-12-17-27(23-29)32-24-36(28-18-8-3-9-19-28)38(30-21-10-11-22-31(30)41-32)35(39)33(25-13-4-1-5-14-25)34(40-36)26-15-6-2-7-16-26/h1-23,32H,24H2/t32-,36-/m1/s1. The second-order valence-electron chi connectivity index (χ2n) is 10.2. The van der Waals surface area contributed by atoms with Crippen molar-refractivity contribution in [2.24, 2.45) is 0 Å². The van der Waals surface area contributed by atoms with Gasteiger partial charge in [0.15, 0.2) is 0 Å². The number of carbonyl (C=O) groups is 1. The first-order chi connectivity index (χ1) is 20.1. The molecule has 41 heavy (non-hydrogen) atoms. The van der Waals surface area contributed by atoms with Gasteiger partial charge in [0.2, 0.25) is 5.72 Å². The number of halogens is 1. The van der Waals surface area contributed by atoms with Crippen LogP contribution in [0.1, 0.15) is 33.9 Å². The average molecular weight is 572 g/mol.